The van der Waals surface area contributed by atoms with Gasteiger partial charge in [0.05, 0.1) is 42.6 Å². The number of amides is 1. The summed E-state index contributed by atoms with van der Waals surface area (Å²) in [6.45, 7) is 6.15. The van der Waals surface area contributed by atoms with Crippen molar-refractivity contribution in [1.82, 2.24) is 9.97 Å². The Bertz CT molecular complexity index is 1090. The molecule has 0 aliphatic carbocycles. The van der Waals surface area contributed by atoms with Crippen LogP contribution in [0.5, 0.6) is 17.4 Å². The highest BCUT2D eigenvalue weighted by Crippen LogP contribution is 2.36. The molecule has 1 amide bonds. The van der Waals surface area contributed by atoms with E-state index in [9.17, 15) is 4.79 Å². The lowest BCUT2D eigenvalue weighted by Gasteiger charge is -2.14. The quantitative estimate of drug-likeness (QED) is 0.635. The first-order valence-corrected chi connectivity index (χ1v) is 9.40. The van der Waals surface area contributed by atoms with E-state index in [1.165, 1.54) is 14.2 Å². The summed E-state index contributed by atoms with van der Waals surface area (Å²) in [5.74, 6) is 0.519. The zero-order chi connectivity index (χ0) is 21.1. The molecule has 3 rings (SSSR count). The summed E-state index contributed by atoms with van der Waals surface area (Å²) in [6, 6.07) is 6.97. The topological polar surface area (TPSA) is 82.6 Å². The molecule has 0 bridgehead atoms. The van der Waals surface area contributed by atoms with Crippen molar-refractivity contribution in [1.29, 1.82) is 0 Å². The zero-order valence-corrected chi connectivity index (χ0v) is 17.7. The molecule has 0 atom stereocenters. The van der Waals surface area contributed by atoms with Crippen molar-refractivity contribution in [3.63, 3.8) is 0 Å². The molecule has 0 aliphatic heterocycles. The van der Waals surface area contributed by atoms with E-state index >= 15 is 0 Å². The van der Waals surface area contributed by atoms with Crippen molar-refractivity contribution >= 4 is 34.2 Å². The van der Waals surface area contributed by atoms with E-state index in [2.05, 4.69) is 15.3 Å². The van der Waals surface area contributed by atoms with Crippen LogP contribution >= 0.6 is 11.6 Å². The van der Waals surface area contributed by atoms with E-state index in [4.69, 9.17) is 25.8 Å². The fourth-order valence-electron chi connectivity index (χ4n) is 2.82. The highest BCUT2D eigenvalue weighted by molar-refractivity contribution is 6.32. The third-order valence-electron chi connectivity index (χ3n) is 4.47. The summed E-state index contributed by atoms with van der Waals surface area (Å²) in [5.41, 5.74) is 3.89. The number of fused-ring (bicyclic) bond motifs is 1. The number of nitrogens with one attached hydrogen (secondary N) is 1. The van der Waals surface area contributed by atoms with Gasteiger partial charge in [-0.05, 0) is 50.1 Å². The van der Waals surface area contributed by atoms with Crippen LogP contribution in [-0.2, 0) is 0 Å². The van der Waals surface area contributed by atoms with Gasteiger partial charge in [-0.2, -0.15) is 0 Å². The smallest absolute Gasteiger partial charge is 0.280 e. The molecule has 0 fully saturated rings. The van der Waals surface area contributed by atoms with Gasteiger partial charge in [0.15, 0.2) is 5.69 Å². The van der Waals surface area contributed by atoms with Gasteiger partial charge in [0.25, 0.3) is 5.91 Å². The molecule has 1 heterocycles. The van der Waals surface area contributed by atoms with Crippen LogP contribution in [0.2, 0.25) is 5.02 Å². The molecule has 0 saturated carbocycles. The predicted molar refractivity (Wildman–Crippen MR) is 113 cm³/mol. The minimum absolute atomic E-state index is 0.0802. The number of ether oxygens (including phenoxy) is 3. The molecule has 8 heteroatoms. The number of aromatic nitrogens is 2. The first-order valence-electron chi connectivity index (χ1n) is 9.02. The minimum atomic E-state index is -0.486. The summed E-state index contributed by atoms with van der Waals surface area (Å²) in [5, 5.41) is 3.11. The van der Waals surface area contributed by atoms with E-state index in [1.807, 2.05) is 32.9 Å². The van der Waals surface area contributed by atoms with Crippen LogP contribution < -0.4 is 19.5 Å². The van der Waals surface area contributed by atoms with Crippen LogP contribution in [0.15, 0.2) is 24.3 Å². The molecule has 2 aromatic carbocycles. The Labute approximate surface area is 174 Å². The molecule has 1 N–H and O–H groups in total. The predicted octanol–water partition coefficient (Wildman–Crippen LogP) is 4.57. The van der Waals surface area contributed by atoms with Crippen molar-refractivity contribution in [2.45, 2.75) is 20.8 Å². The maximum Gasteiger partial charge on any atom is 0.280 e. The summed E-state index contributed by atoms with van der Waals surface area (Å²) in [7, 11) is 2.99. The fraction of sp³-hybridized carbons (Fsp3) is 0.286. The van der Waals surface area contributed by atoms with Crippen LogP contribution in [0.3, 0.4) is 0 Å². The van der Waals surface area contributed by atoms with E-state index in [-0.39, 0.29) is 11.6 Å². The third kappa shape index (κ3) is 4.19. The molecule has 3 aromatic rings. The standard InChI is InChI=1S/C21H22ClN3O4/c1-6-29-21-19(23-14-7-11(2)12(3)8-15(14)25-21)20(26)24-16-9-13(22)17(27-4)10-18(16)28-5/h7-10H,6H2,1-5H3,(H,24,26). The molecule has 7 nitrogen and oxygen atoms in total. The Kier molecular flexibility index (Phi) is 6.08. The lowest BCUT2D eigenvalue weighted by atomic mass is 10.1. The van der Waals surface area contributed by atoms with Gasteiger partial charge in [0.2, 0.25) is 5.88 Å². The number of nitrogens with zero attached hydrogens (tertiary/aromatic N) is 2. The second kappa shape index (κ2) is 8.53. The third-order valence-corrected chi connectivity index (χ3v) is 4.76. The van der Waals surface area contributed by atoms with Crippen LogP contribution in [0, 0.1) is 13.8 Å². The van der Waals surface area contributed by atoms with E-state index < -0.39 is 5.91 Å². The molecular weight excluding hydrogens is 394 g/mol. The van der Waals surface area contributed by atoms with Gasteiger partial charge in [-0.1, -0.05) is 11.6 Å². The van der Waals surface area contributed by atoms with Gasteiger partial charge in [-0.3, -0.25) is 4.79 Å². The normalized spacial score (nSPS) is 10.7. The van der Waals surface area contributed by atoms with Crippen LogP contribution in [0.25, 0.3) is 11.0 Å². The molecule has 29 heavy (non-hydrogen) atoms. The van der Waals surface area contributed by atoms with Gasteiger partial charge in [0, 0.05) is 6.07 Å². The molecule has 1 aromatic heterocycles. The van der Waals surface area contributed by atoms with E-state index in [0.717, 1.165) is 11.1 Å². The Morgan fingerprint density at radius 3 is 2.21 bits per heavy atom. The minimum Gasteiger partial charge on any atom is -0.495 e. The molecule has 152 valence electrons. The molecule has 0 spiro atoms. The summed E-state index contributed by atoms with van der Waals surface area (Å²) >= 11 is 6.19. The second-order valence-electron chi connectivity index (χ2n) is 6.38. The Hall–Kier alpha value is -3.06. The van der Waals surface area contributed by atoms with Crippen molar-refractivity contribution in [2.75, 3.05) is 26.1 Å². The first-order chi connectivity index (χ1) is 13.9. The fourth-order valence-corrected chi connectivity index (χ4v) is 3.06. The number of rotatable bonds is 6. The maximum atomic E-state index is 13.0. The second-order valence-corrected chi connectivity index (χ2v) is 6.78. The highest BCUT2D eigenvalue weighted by Gasteiger charge is 2.21. The van der Waals surface area contributed by atoms with Crippen LogP contribution in [0.4, 0.5) is 5.69 Å². The molecule has 0 radical (unpaired) electrons. The van der Waals surface area contributed by atoms with Crippen molar-refractivity contribution in [2.24, 2.45) is 0 Å². The number of carbonyl (C=O) groups is 1. The average molecular weight is 416 g/mol. The lowest BCUT2D eigenvalue weighted by Crippen LogP contribution is -2.17. The van der Waals surface area contributed by atoms with Crippen LogP contribution in [-0.4, -0.2) is 36.7 Å². The monoisotopic (exact) mass is 415 g/mol. The number of methoxy groups -OCH3 is 2. The first kappa shape index (κ1) is 20.7. The van der Waals surface area contributed by atoms with Gasteiger partial charge in [0.1, 0.15) is 11.5 Å². The number of anilines is 1. The average Bonchev–Trinajstić information content (AvgIpc) is 2.69. The van der Waals surface area contributed by atoms with Gasteiger partial charge in [-0.25, -0.2) is 9.97 Å². The van der Waals surface area contributed by atoms with Crippen molar-refractivity contribution in [3.8, 4) is 17.4 Å². The number of carbonyl (C=O) groups excluding carboxylic acids is 1. The summed E-state index contributed by atoms with van der Waals surface area (Å²) in [4.78, 5) is 22.0. The highest BCUT2D eigenvalue weighted by atomic mass is 35.5. The Morgan fingerprint density at radius 2 is 1.62 bits per heavy atom. The molecule has 0 unspecified atom stereocenters. The van der Waals surface area contributed by atoms with Gasteiger partial charge >= 0.3 is 0 Å². The SMILES string of the molecule is CCOc1nc2cc(C)c(C)cc2nc1C(=O)Nc1cc(Cl)c(OC)cc1OC. The number of aryl methyl sites for hydroxylation is 2. The van der Waals surface area contributed by atoms with Gasteiger partial charge in [-0.15, -0.1) is 0 Å². The number of benzene rings is 2. The van der Waals surface area contributed by atoms with Crippen LogP contribution in [0.1, 0.15) is 28.5 Å². The summed E-state index contributed by atoms with van der Waals surface area (Å²) in [6.07, 6.45) is 0. The number of hydrogen-bond acceptors (Lipinski definition) is 6. The van der Waals surface area contributed by atoms with E-state index in [0.29, 0.717) is 39.8 Å². The Morgan fingerprint density at radius 1 is 1.00 bits per heavy atom. The molecule has 0 aliphatic rings. The molecular formula is C21H22ClN3O4. The van der Waals surface area contributed by atoms with Crippen molar-refractivity contribution in [3.05, 3.63) is 46.1 Å². The maximum absolute atomic E-state index is 13.0. The lowest BCUT2D eigenvalue weighted by molar-refractivity contribution is 0.101. The summed E-state index contributed by atoms with van der Waals surface area (Å²) < 4.78 is 16.1. The number of hydrogen-bond donors (Lipinski definition) is 1. The molecule has 0 saturated heterocycles. The number of halogens is 1. The largest absolute Gasteiger partial charge is 0.495 e. The van der Waals surface area contributed by atoms with Crippen molar-refractivity contribution < 1.29 is 19.0 Å². The van der Waals surface area contributed by atoms with E-state index in [1.54, 1.807) is 12.1 Å². The zero-order valence-electron chi connectivity index (χ0n) is 16.9. The Balaban J connectivity index is 2.05. The van der Waals surface area contributed by atoms with Gasteiger partial charge < -0.3 is 19.5 Å².